The number of allylic oxidation sites excluding steroid dienone is 1. The monoisotopic (exact) mass is 202 g/mol. The molecule has 1 aromatic carbocycles. The minimum atomic E-state index is -0.0504. The summed E-state index contributed by atoms with van der Waals surface area (Å²) >= 11 is 0. The van der Waals surface area contributed by atoms with Crippen molar-refractivity contribution in [2.45, 2.75) is 26.7 Å². The fourth-order valence-corrected chi connectivity index (χ4v) is 1.31. The van der Waals surface area contributed by atoms with Crippen molar-refractivity contribution in [3.63, 3.8) is 0 Å². The maximum atomic E-state index is 11.7. The number of hydrogen-bond acceptors (Lipinski definition) is 1. The second-order valence-corrected chi connectivity index (χ2v) is 3.18. The molecule has 1 radical (unpaired) electrons. The van der Waals surface area contributed by atoms with Crippen LogP contribution in [-0.4, -0.2) is 5.91 Å². The van der Waals surface area contributed by atoms with E-state index in [1.54, 1.807) is 0 Å². The Morgan fingerprint density at radius 1 is 1.27 bits per heavy atom. The second-order valence-electron chi connectivity index (χ2n) is 3.18. The Morgan fingerprint density at radius 2 is 1.93 bits per heavy atom. The summed E-state index contributed by atoms with van der Waals surface area (Å²) in [5.74, 6) is -0.0504. The number of anilines is 1. The first-order valence-electron chi connectivity index (χ1n) is 5.24. The van der Waals surface area contributed by atoms with Gasteiger partial charge in [0.05, 0.1) is 0 Å². The molecule has 2 nitrogen and oxygen atoms in total. The minimum absolute atomic E-state index is 0.0504. The molecule has 0 heterocycles. The molecule has 0 atom stereocenters. The van der Waals surface area contributed by atoms with E-state index in [0.29, 0.717) is 6.42 Å². The van der Waals surface area contributed by atoms with Gasteiger partial charge in [0.15, 0.2) is 0 Å². The van der Waals surface area contributed by atoms with Gasteiger partial charge in [0.1, 0.15) is 0 Å². The molecule has 0 aliphatic rings. The molecule has 0 aliphatic heterocycles. The Hall–Kier alpha value is -1.57. The van der Waals surface area contributed by atoms with Crippen LogP contribution in [0.4, 0.5) is 5.69 Å². The van der Waals surface area contributed by atoms with E-state index in [1.165, 1.54) is 0 Å². The summed E-state index contributed by atoms with van der Waals surface area (Å²) in [6, 6.07) is 9.46. The van der Waals surface area contributed by atoms with Crippen LogP contribution in [0.5, 0.6) is 0 Å². The standard InChI is InChI=1S/C13H16NO/c1-3-8-11(4-2)13(15)14-12-9-6-5-7-10-12/h5-7,9-10H,3-4H2,1-2H3,(H,14,15). The summed E-state index contributed by atoms with van der Waals surface area (Å²) in [5.41, 5.74) is 1.55. The number of carbonyl (C=O) groups is 1. The van der Waals surface area contributed by atoms with Crippen LogP contribution in [0.15, 0.2) is 35.9 Å². The van der Waals surface area contributed by atoms with Gasteiger partial charge in [0.25, 0.3) is 5.91 Å². The van der Waals surface area contributed by atoms with E-state index in [1.807, 2.05) is 44.2 Å². The van der Waals surface area contributed by atoms with Crippen LogP contribution >= 0.6 is 0 Å². The largest absolute Gasteiger partial charge is 0.322 e. The summed E-state index contributed by atoms with van der Waals surface area (Å²) < 4.78 is 0. The average molecular weight is 202 g/mol. The molecule has 0 aliphatic carbocycles. The molecule has 1 rings (SSSR count). The van der Waals surface area contributed by atoms with Gasteiger partial charge >= 0.3 is 0 Å². The zero-order valence-electron chi connectivity index (χ0n) is 9.21. The predicted octanol–water partition coefficient (Wildman–Crippen LogP) is 3.17. The topological polar surface area (TPSA) is 29.1 Å². The Kier molecular flexibility index (Phi) is 4.61. The van der Waals surface area contributed by atoms with Crippen LogP contribution in [0.25, 0.3) is 0 Å². The van der Waals surface area contributed by atoms with Crippen molar-refractivity contribution in [3.05, 3.63) is 42.0 Å². The van der Waals surface area contributed by atoms with Gasteiger partial charge in [-0.25, -0.2) is 0 Å². The molecule has 0 unspecified atom stereocenters. The first-order valence-corrected chi connectivity index (χ1v) is 5.24. The van der Waals surface area contributed by atoms with Crippen LogP contribution in [0.2, 0.25) is 0 Å². The lowest BCUT2D eigenvalue weighted by molar-refractivity contribution is -0.113. The van der Waals surface area contributed by atoms with Gasteiger partial charge in [-0.1, -0.05) is 32.0 Å². The molecular formula is C13H16NO. The van der Waals surface area contributed by atoms with Crippen molar-refractivity contribution in [3.8, 4) is 0 Å². The van der Waals surface area contributed by atoms with E-state index < -0.39 is 0 Å². The molecule has 0 fully saturated rings. The Bertz CT molecular complexity index is 341. The highest BCUT2D eigenvalue weighted by atomic mass is 16.1. The van der Waals surface area contributed by atoms with E-state index in [9.17, 15) is 4.79 Å². The minimum Gasteiger partial charge on any atom is -0.322 e. The van der Waals surface area contributed by atoms with Crippen molar-refractivity contribution in [2.24, 2.45) is 0 Å². The average Bonchev–Trinajstić information content (AvgIpc) is 2.27. The van der Waals surface area contributed by atoms with Gasteiger partial charge in [-0.2, -0.15) is 0 Å². The highest BCUT2D eigenvalue weighted by Gasteiger charge is 2.06. The number of hydrogen-bond donors (Lipinski definition) is 1. The van der Waals surface area contributed by atoms with Crippen LogP contribution < -0.4 is 5.32 Å². The predicted molar refractivity (Wildman–Crippen MR) is 62.4 cm³/mol. The molecule has 0 saturated heterocycles. The highest BCUT2D eigenvalue weighted by molar-refractivity contribution is 6.03. The van der Waals surface area contributed by atoms with E-state index in [0.717, 1.165) is 17.7 Å². The third-order valence-electron chi connectivity index (χ3n) is 2.05. The summed E-state index contributed by atoms with van der Waals surface area (Å²) in [5, 5.41) is 2.84. The van der Waals surface area contributed by atoms with Crippen molar-refractivity contribution < 1.29 is 4.79 Å². The molecule has 1 amide bonds. The second kappa shape index (κ2) is 6.02. The lowest BCUT2D eigenvalue weighted by Crippen LogP contribution is -2.14. The SMILES string of the molecule is CC[C]=C(CC)C(=O)Nc1ccccc1. The van der Waals surface area contributed by atoms with Crippen LogP contribution in [0, 0.1) is 6.08 Å². The molecule has 1 aromatic rings. The van der Waals surface area contributed by atoms with Gasteiger partial charge in [-0.3, -0.25) is 4.79 Å². The first-order chi connectivity index (χ1) is 7.27. The summed E-state index contributed by atoms with van der Waals surface area (Å²) in [6.07, 6.45) is 4.54. The van der Waals surface area contributed by atoms with Crippen LogP contribution in [0.3, 0.4) is 0 Å². The molecule has 15 heavy (non-hydrogen) atoms. The van der Waals surface area contributed by atoms with Gasteiger partial charge < -0.3 is 5.32 Å². The summed E-state index contributed by atoms with van der Waals surface area (Å²) in [6.45, 7) is 3.94. The molecule has 79 valence electrons. The number of rotatable bonds is 4. The molecule has 2 heteroatoms. The van der Waals surface area contributed by atoms with Crippen molar-refractivity contribution in [1.29, 1.82) is 0 Å². The van der Waals surface area contributed by atoms with Crippen LogP contribution in [-0.2, 0) is 4.79 Å². The quantitative estimate of drug-likeness (QED) is 0.746. The number of benzene rings is 1. The Morgan fingerprint density at radius 3 is 2.47 bits per heavy atom. The normalized spacial score (nSPS) is 11.2. The third-order valence-corrected chi connectivity index (χ3v) is 2.05. The lowest BCUT2D eigenvalue weighted by atomic mass is 10.1. The molecule has 1 N–H and O–H groups in total. The van der Waals surface area contributed by atoms with Gasteiger partial charge in [-0.05, 0) is 31.1 Å². The molecule has 0 spiro atoms. The fourth-order valence-electron chi connectivity index (χ4n) is 1.31. The van der Waals surface area contributed by atoms with E-state index in [2.05, 4.69) is 11.4 Å². The van der Waals surface area contributed by atoms with Crippen molar-refractivity contribution in [2.75, 3.05) is 5.32 Å². The zero-order chi connectivity index (χ0) is 11.1. The summed E-state index contributed by atoms with van der Waals surface area (Å²) in [4.78, 5) is 11.7. The Labute approximate surface area is 91.0 Å². The lowest BCUT2D eigenvalue weighted by Gasteiger charge is -2.06. The van der Waals surface area contributed by atoms with Gasteiger partial charge in [-0.15, -0.1) is 0 Å². The molecule has 0 saturated carbocycles. The fraction of sp³-hybridized carbons (Fsp3) is 0.308. The smallest absolute Gasteiger partial charge is 0.251 e. The molecular weight excluding hydrogens is 186 g/mol. The van der Waals surface area contributed by atoms with E-state index in [-0.39, 0.29) is 5.91 Å². The number of para-hydroxylation sites is 1. The van der Waals surface area contributed by atoms with Gasteiger partial charge in [0, 0.05) is 11.3 Å². The maximum Gasteiger partial charge on any atom is 0.251 e. The summed E-state index contributed by atoms with van der Waals surface area (Å²) in [7, 11) is 0. The van der Waals surface area contributed by atoms with Crippen molar-refractivity contribution >= 4 is 11.6 Å². The van der Waals surface area contributed by atoms with Crippen LogP contribution in [0.1, 0.15) is 26.7 Å². The molecule has 0 bridgehead atoms. The number of amides is 1. The third kappa shape index (κ3) is 3.58. The zero-order valence-corrected chi connectivity index (χ0v) is 9.21. The first kappa shape index (κ1) is 11.5. The number of nitrogens with one attached hydrogen (secondary N) is 1. The maximum absolute atomic E-state index is 11.7. The Balaban J connectivity index is 2.67. The van der Waals surface area contributed by atoms with E-state index in [4.69, 9.17) is 0 Å². The number of carbonyl (C=O) groups excluding carboxylic acids is 1. The highest BCUT2D eigenvalue weighted by Crippen LogP contribution is 2.09. The van der Waals surface area contributed by atoms with Crippen molar-refractivity contribution in [1.82, 2.24) is 0 Å². The molecule has 0 aromatic heterocycles. The van der Waals surface area contributed by atoms with E-state index >= 15 is 0 Å². The van der Waals surface area contributed by atoms with Gasteiger partial charge in [0.2, 0.25) is 0 Å².